The Morgan fingerprint density at radius 1 is 1.04 bits per heavy atom. The summed E-state index contributed by atoms with van der Waals surface area (Å²) in [4.78, 5) is 36.3. The van der Waals surface area contributed by atoms with Gasteiger partial charge in [-0.3, -0.25) is 9.59 Å². The number of nitrogens with one attached hydrogen (secondary N) is 1. The lowest BCUT2D eigenvalue weighted by molar-refractivity contribution is -0.163. The second kappa shape index (κ2) is 7.62. The van der Waals surface area contributed by atoms with Crippen molar-refractivity contribution in [1.82, 2.24) is 0 Å². The van der Waals surface area contributed by atoms with E-state index < -0.39 is 29.2 Å². The van der Waals surface area contributed by atoms with Gasteiger partial charge in [-0.15, -0.1) is 0 Å². The molecule has 0 amide bonds. The Labute approximate surface area is 134 Å². The molecule has 23 heavy (non-hydrogen) atoms. The highest BCUT2D eigenvalue weighted by atomic mass is 16.5. The lowest BCUT2D eigenvalue weighted by Gasteiger charge is -2.32. The van der Waals surface area contributed by atoms with Crippen molar-refractivity contribution < 1.29 is 28.6 Å². The Kier molecular flexibility index (Phi) is 6.12. The summed E-state index contributed by atoms with van der Waals surface area (Å²) in [5.74, 6) is -1.45. The summed E-state index contributed by atoms with van der Waals surface area (Å²) >= 11 is 0. The van der Waals surface area contributed by atoms with E-state index in [4.69, 9.17) is 14.2 Å². The Morgan fingerprint density at radius 3 is 2.00 bits per heavy atom. The van der Waals surface area contributed by atoms with Crippen LogP contribution in [0, 0.1) is 5.41 Å². The van der Waals surface area contributed by atoms with Gasteiger partial charge < -0.3 is 19.5 Å². The molecule has 0 aliphatic rings. The molecule has 0 spiro atoms. The van der Waals surface area contributed by atoms with Crippen LogP contribution in [0.2, 0.25) is 0 Å². The van der Waals surface area contributed by atoms with Gasteiger partial charge in [-0.05, 0) is 38.1 Å². The van der Waals surface area contributed by atoms with Crippen molar-refractivity contribution in [2.24, 2.45) is 5.41 Å². The van der Waals surface area contributed by atoms with Crippen LogP contribution in [0.3, 0.4) is 0 Å². The largest absolute Gasteiger partial charge is 0.497 e. The molecular formula is C16H21NO6. The molecule has 1 rings (SSSR count). The molecule has 1 aromatic rings. The molecule has 7 heteroatoms. The third kappa shape index (κ3) is 3.80. The summed E-state index contributed by atoms with van der Waals surface area (Å²) in [5.41, 5.74) is -1.19. The maximum Gasteiger partial charge on any atom is 0.329 e. The number of benzene rings is 1. The molecule has 0 aliphatic carbocycles. The van der Waals surface area contributed by atoms with Crippen molar-refractivity contribution in [3.8, 4) is 5.75 Å². The van der Waals surface area contributed by atoms with E-state index in [-0.39, 0.29) is 0 Å². The number of ether oxygens (including phenoxy) is 3. The first-order chi connectivity index (χ1) is 10.8. The number of esters is 2. The highest BCUT2D eigenvalue weighted by Crippen LogP contribution is 2.29. The van der Waals surface area contributed by atoms with Crippen molar-refractivity contribution in [2.45, 2.75) is 19.9 Å². The van der Waals surface area contributed by atoms with Crippen LogP contribution in [0.4, 0.5) is 5.69 Å². The van der Waals surface area contributed by atoms with E-state index in [0.29, 0.717) is 11.4 Å². The molecule has 0 aromatic heterocycles. The standard InChI is InChI=1S/C16H21NO6/c1-10(18)16(2,15(20)23-5)13(14(19)22-4)17-11-6-8-12(21-3)9-7-11/h6-9,13,17H,1-5H3/t13-,16-/m0/s1. The zero-order valence-electron chi connectivity index (χ0n) is 13.8. The van der Waals surface area contributed by atoms with Crippen molar-refractivity contribution in [1.29, 1.82) is 0 Å². The van der Waals surface area contributed by atoms with Gasteiger partial charge in [0.1, 0.15) is 17.6 Å². The molecule has 126 valence electrons. The van der Waals surface area contributed by atoms with Gasteiger partial charge in [0.15, 0.2) is 5.41 Å². The summed E-state index contributed by atoms with van der Waals surface area (Å²) in [7, 11) is 3.87. The van der Waals surface area contributed by atoms with Gasteiger partial charge in [0.2, 0.25) is 0 Å². The predicted molar refractivity (Wildman–Crippen MR) is 83.2 cm³/mol. The molecule has 1 aromatic carbocycles. The smallest absolute Gasteiger partial charge is 0.329 e. The third-order valence-corrected chi connectivity index (χ3v) is 3.76. The molecule has 0 heterocycles. The van der Waals surface area contributed by atoms with Crippen LogP contribution in [-0.2, 0) is 23.9 Å². The fraction of sp³-hybridized carbons (Fsp3) is 0.438. The van der Waals surface area contributed by atoms with E-state index in [0.717, 1.165) is 7.11 Å². The lowest BCUT2D eigenvalue weighted by Crippen LogP contribution is -2.54. The second-order valence-corrected chi connectivity index (χ2v) is 5.08. The lowest BCUT2D eigenvalue weighted by atomic mass is 9.78. The van der Waals surface area contributed by atoms with Crippen molar-refractivity contribution in [2.75, 3.05) is 26.6 Å². The van der Waals surface area contributed by atoms with Crippen molar-refractivity contribution in [3.05, 3.63) is 24.3 Å². The normalized spacial score (nSPS) is 14.1. The fourth-order valence-corrected chi connectivity index (χ4v) is 2.09. The van der Waals surface area contributed by atoms with Gasteiger partial charge >= 0.3 is 11.9 Å². The zero-order valence-corrected chi connectivity index (χ0v) is 13.8. The molecule has 0 saturated heterocycles. The molecule has 0 aliphatic heterocycles. The minimum atomic E-state index is -1.72. The van der Waals surface area contributed by atoms with Crippen LogP contribution in [0.15, 0.2) is 24.3 Å². The fourth-order valence-electron chi connectivity index (χ4n) is 2.09. The minimum Gasteiger partial charge on any atom is -0.497 e. The van der Waals surface area contributed by atoms with Gasteiger partial charge in [0.25, 0.3) is 0 Å². The van der Waals surface area contributed by atoms with E-state index in [1.54, 1.807) is 24.3 Å². The van der Waals surface area contributed by atoms with Gasteiger partial charge in [-0.1, -0.05) is 0 Å². The molecule has 0 radical (unpaired) electrons. The van der Waals surface area contributed by atoms with Crippen LogP contribution in [0.25, 0.3) is 0 Å². The quantitative estimate of drug-likeness (QED) is 0.599. The van der Waals surface area contributed by atoms with Crippen LogP contribution in [0.1, 0.15) is 13.8 Å². The molecule has 0 bridgehead atoms. The van der Waals surface area contributed by atoms with Gasteiger partial charge in [0.05, 0.1) is 21.3 Å². The topological polar surface area (TPSA) is 90.9 Å². The number of carbonyl (C=O) groups is 3. The maximum atomic E-state index is 12.1. The average Bonchev–Trinajstić information content (AvgIpc) is 2.57. The van der Waals surface area contributed by atoms with E-state index in [9.17, 15) is 14.4 Å². The van der Waals surface area contributed by atoms with Crippen LogP contribution in [0.5, 0.6) is 5.75 Å². The van der Waals surface area contributed by atoms with Crippen LogP contribution < -0.4 is 10.1 Å². The Balaban J connectivity index is 3.23. The number of Topliss-reactive ketones (excluding diaryl/α,β-unsaturated/α-hetero) is 1. The van der Waals surface area contributed by atoms with E-state index >= 15 is 0 Å². The van der Waals surface area contributed by atoms with Crippen LogP contribution in [-0.4, -0.2) is 45.1 Å². The Bertz CT molecular complexity index is 583. The molecule has 7 nitrogen and oxygen atoms in total. The zero-order chi connectivity index (χ0) is 17.6. The number of ketones is 1. The number of hydrogen-bond donors (Lipinski definition) is 1. The summed E-state index contributed by atoms with van der Waals surface area (Å²) in [5, 5.41) is 2.87. The molecular weight excluding hydrogens is 302 g/mol. The number of methoxy groups -OCH3 is 3. The minimum absolute atomic E-state index is 0.513. The Hall–Kier alpha value is -2.57. The number of rotatable bonds is 7. The molecule has 1 N–H and O–H groups in total. The monoisotopic (exact) mass is 323 g/mol. The third-order valence-electron chi connectivity index (χ3n) is 3.76. The highest BCUT2D eigenvalue weighted by molar-refractivity contribution is 6.08. The number of carbonyl (C=O) groups excluding carboxylic acids is 3. The first-order valence-electron chi connectivity index (χ1n) is 6.89. The Morgan fingerprint density at radius 2 is 1.61 bits per heavy atom. The van der Waals surface area contributed by atoms with E-state index in [1.807, 2.05) is 0 Å². The van der Waals surface area contributed by atoms with Crippen LogP contribution >= 0.6 is 0 Å². The summed E-state index contributed by atoms with van der Waals surface area (Å²) in [6, 6.07) is 5.45. The second-order valence-electron chi connectivity index (χ2n) is 5.08. The highest BCUT2D eigenvalue weighted by Gasteiger charge is 2.51. The van der Waals surface area contributed by atoms with Gasteiger partial charge in [0, 0.05) is 5.69 Å². The first-order valence-corrected chi connectivity index (χ1v) is 6.89. The average molecular weight is 323 g/mol. The SMILES string of the molecule is COC(=O)[C@H](Nc1ccc(OC)cc1)[C@](C)(C(C)=O)C(=O)OC. The van der Waals surface area contributed by atoms with Crippen molar-refractivity contribution >= 4 is 23.4 Å². The number of anilines is 1. The first kappa shape index (κ1) is 18.5. The predicted octanol–water partition coefficient (Wildman–Crippen LogP) is 1.42. The molecule has 0 fully saturated rings. The summed E-state index contributed by atoms with van der Waals surface area (Å²) in [6.07, 6.45) is 0. The molecule has 0 saturated carbocycles. The van der Waals surface area contributed by atoms with Gasteiger partial charge in [-0.2, -0.15) is 0 Å². The van der Waals surface area contributed by atoms with Gasteiger partial charge in [-0.25, -0.2) is 4.79 Å². The summed E-state index contributed by atoms with van der Waals surface area (Å²) in [6.45, 7) is 2.57. The van der Waals surface area contributed by atoms with E-state index in [1.165, 1.54) is 28.1 Å². The van der Waals surface area contributed by atoms with Crippen molar-refractivity contribution in [3.63, 3.8) is 0 Å². The summed E-state index contributed by atoms with van der Waals surface area (Å²) < 4.78 is 14.5. The molecule has 2 atom stereocenters. The van der Waals surface area contributed by atoms with E-state index in [2.05, 4.69) is 5.32 Å². The maximum absolute atomic E-state index is 12.1. The number of hydrogen-bond acceptors (Lipinski definition) is 7. The molecule has 0 unspecified atom stereocenters.